The van der Waals surface area contributed by atoms with Gasteiger partial charge in [-0.2, -0.15) is 0 Å². The first-order chi connectivity index (χ1) is 10.5. The van der Waals surface area contributed by atoms with Crippen molar-refractivity contribution in [3.8, 4) is 0 Å². The van der Waals surface area contributed by atoms with Crippen LogP contribution in [0.1, 0.15) is 32.3 Å². The first-order valence-electron chi connectivity index (χ1n) is 8.25. The van der Waals surface area contributed by atoms with Crippen LogP contribution in [0.15, 0.2) is 24.3 Å². The lowest BCUT2D eigenvalue weighted by Crippen LogP contribution is -2.37. The Kier molecular flexibility index (Phi) is 4.22. The lowest BCUT2D eigenvalue weighted by molar-refractivity contribution is -0.136. The second kappa shape index (κ2) is 5.99. The Morgan fingerprint density at radius 1 is 1.27 bits per heavy atom. The molecule has 22 heavy (non-hydrogen) atoms. The Morgan fingerprint density at radius 2 is 2.05 bits per heavy atom. The summed E-state index contributed by atoms with van der Waals surface area (Å²) in [6.45, 7) is 8.75. The maximum Gasteiger partial charge on any atom is 0.230 e. The van der Waals surface area contributed by atoms with Crippen LogP contribution in [0.4, 0.5) is 4.39 Å². The molecule has 4 heteroatoms. The number of rotatable bonds is 4. The highest BCUT2D eigenvalue weighted by molar-refractivity contribution is 5.85. The Morgan fingerprint density at radius 3 is 2.77 bits per heavy atom. The predicted octanol–water partition coefficient (Wildman–Crippen LogP) is 2.91. The van der Waals surface area contributed by atoms with Gasteiger partial charge in [-0.3, -0.25) is 4.79 Å². The second-order valence-corrected chi connectivity index (χ2v) is 7.27. The Hall–Kier alpha value is -1.42. The molecule has 0 saturated carbocycles. The molecule has 2 aliphatic heterocycles. The molecule has 0 radical (unpaired) electrons. The molecule has 0 bridgehead atoms. The monoisotopic (exact) mass is 304 g/mol. The zero-order chi connectivity index (χ0) is 15.7. The predicted molar refractivity (Wildman–Crippen MR) is 84.8 cm³/mol. The van der Waals surface area contributed by atoms with Crippen molar-refractivity contribution in [2.24, 2.45) is 11.3 Å². The lowest BCUT2D eigenvalue weighted by Gasteiger charge is -2.24. The summed E-state index contributed by atoms with van der Waals surface area (Å²) in [5.74, 6) is 0.668. The van der Waals surface area contributed by atoms with Crippen LogP contribution < -0.4 is 0 Å². The van der Waals surface area contributed by atoms with Crippen LogP contribution in [-0.2, 0) is 11.3 Å². The van der Waals surface area contributed by atoms with Gasteiger partial charge in [0.1, 0.15) is 5.82 Å². The van der Waals surface area contributed by atoms with Gasteiger partial charge in [0.05, 0.1) is 5.41 Å². The third-order valence-electron chi connectivity index (χ3n) is 4.92. The molecule has 1 aromatic rings. The minimum Gasteiger partial charge on any atom is -0.338 e. The number of benzene rings is 1. The minimum atomic E-state index is -0.233. The Bertz CT molecular complexity index is 560. The van der Waals surface area contributed by atoms with Crippen LogP contribution in [0.3, 0.4) is 0 Å². The molecule has 2 heterocycles. The van der Waals surface area contributed by atoms with E-state index in [1.54, 1.807) is 6.07 Å². The smallest absolute Gasteiger partial charge is 0.230 e. The lowest BCUT2D eigenvalue weighted by atomic mass is 9.85. The fourth-order valence-electron chi connectivity index (χ4n) is 3.91. The standard InChI is InChI=1S/C18H25FN2O/c1-14(2)11-20-8-6-18(13-20)7-9-21(17(18)22)12-15-4-3-5-16(19)10-15/h3-5,10,14H,6-9,11-13H2,1-2H3/t18-/m1/s1. The molecule has 3 nitrogen and oxygen atoms in total. The summed E-state index contributed by atoms with van der Waals surface area (Å²) in [4.78, 5) is 17.2. The topological polar surface area (TPSA) is 23.6 Å². The van der Waals surface area contributed by atoms with E-state index >= 15 is 0 Å². The highest BCUT2D eigenvalue weighted by Gasteiger charge is 2.50. The molecule has 120 valence electrons. The van der Waals surface area contributed by atoms with Gasteiger partial charge >= 0.3 is 0 Å². The van der Waals surface area contributed by atoms with Crippen LogP contribution in [0.2, 0.25) is 0 Å². The number of nitrogens with zero attached hydrogens (tertiary/aromatic N) is 2. The second-order valence-electron chi connectivity index (χ2n) is 7.27. The molecule has 1 atom stereocenters. The first kappa shape index (κ1) is 15.5. The molecule has 1 spiro atoms. The number of carbonyl (C=O) groups excluding carboxylic acids is 1. The third-order valence-corrected chi connectivity index (χ3v) is 4.92. The molecule has 3 rings (SSSR count). The number of hydrogen-bond acceptors (Lipinski definition) is 2. The van der Waals surface area contributed by atoms with Gasteiger partial charge in [0.15, 0.2) is 0 Å². The van der Waals surface area contributed by atoms with E-state index in [9.17, 15) is 9.18 Å². The number of hydrogen-bond donors (Lipinski definition) is 0. The summed E-state index contributed by atoms with van der Waals surface area (Å²) in [7, 11) is 0. The van der Waals surface area contributed by atoms with Crippen molar-refractivity contribution < 1.29 is 9.18 Å². The van der Waals surface area contributed by atoms with Gasteiger partial charge in [0, 0.05) is 26.2 Å². The summed E-state index contributed by atoms with van der Waals surface area (Å²) in [5.41, 5.74) is 0.699. The fraction of sp³-hybridized carbons (Fsp3) is 0.611. The molecule has 0 aromatic heterocycles. The highest BCUT2D eigenvalue weighted by atomic mass is 19.1. The van der Waals surface area contributed by atoms with Gasteiger partial charge in [-0.25, -0.2) is 4.39 Å². The van der Waals surface area contributed by atoms with Gasteiger partial charge in [-0.1, -0.05) is 26.0 Å². The molecule has 1 amide bonds. The molecule has 0 N–H and O–H groups in total. The number of likely N-dealkylation sites (tertiary alicyclic amines) is 2. The van der Waals surface area contributed by atoms with Crippen molar-refractivity contribution >= 4 is 5.91 Å². The quantitative estimate of drug-likeness (QED) is 0.854. The van der Waals surface area contributed by atoms with E-state index in [0.717, 1.165) is 44.6 Å². The summed E-state index contributed by atoms with van der Waals surface area (Å²) >= 11 is 0. The van der Waals surface area contributed by atoms with Gasteiger partial charge in [-0.15, -0.1) is 0 Å². The average molecular weight is 304 g/mol. The highest BCUT2D eigenvalue weighted by Crippen LogP contribution is 2.41. The summed E-state index contributed by atoms with van der Waals surface area (Å²) in [6.07, 6.45) is 1.91. The molecule has 2 fully saturated rings. The van der Waals surface area contributed by atoms with Crippen molar-refractivity contribution in [1.29, 1.82) is 0 Å². The van der Waals surface area contributed by atoms with Crippen molar-refractivity contribution in [2.75, 3.05) is 26.2 Å². The van der Waals surface area contributed by atoms with Crippen LogP contribution in [0, 0.1) is 17.2 Å². The Balaban J connectivity index is 1.65. The third kappa shape index (κ3) is 3.02. The van der Waals surface area contributed by atoms with Gasteiger partial charge in [0.2, 0.25) is 5.91 Å². The van der Waals surface area contributed by atoms with Gasteiger partial charge in [-0.05, 0) is 43.0 Å². The van der Waals surface area contributed by atoms with E-state index in [1.165, 1.54) is 12.1 Å². The van der Waals surface area contributed by atoms with Gasteiger partial charge < -0.3 is 9.80 Å². The van der Waals surface area contributed by atoms with Crippen molar-refractivity contribution in [2.45, 2.75) is 33.2 Å². The van der Waals surface area contributed by atoms with Crippen molar-refractivity contribution in [3.63, 3.8) is 0 Å². The summed E-state index contributed by atoms with van der Waals surface area (Å²) in [5, 5.41) is 0. The molecular formula is C18H25FN2O. The maximum atomic E-state index is 13.3. The van der Waals surface area contributed by atoms with Crippen LogP contribution in [0.25, 0.3) is 0 Å². The average Bonchev–Trinajstić information content (AvgIpc) is 2.98. The summed E-state index contributed by atoms with van der Waals surface area (Å²) < 4.78 is 13.3. The van der Waals surface area contributed by atoms with E-state index in [-0.39, 0.29) is 17.1 Å². The van der Waals surface area contributed by atoms with E-state index in [1.807, 2.05) is 11.0 Å². The number of halogens is 1. The normalized spacial score (nSPS) is 25.8. The first-order valence-corrected chi connectivity index (χ1v) is 8.25. The van der Waals surface area contributed by atoms with Gasteiger partial charge in [0.25, 0.3) is 0 Å². The zero-order valence-corrected chi connectivity index (χ0v) is 13.5. The van der Waals surface area contributed by atoms with E-state index in [4.69, 9.17) is 0 Å². The Labute approximate surface area is 132 Å². The van der Waals surface area contributed by atoms with Crippen LogP contribution in [0.5, 0.6) is 0 Å². The van der Waals surface area contributed by atoms with E-state index < -0.39 is 0 Å². The minimum absolute atomic E-state index is 0.178. The van der Waals surface area contributed by atoms with E-state index in [2.05, 4.69) is 18.7 Å². The fourth-order valence-corrected chi connectivity index (χ4v) is 3.91. The number of amides is 1. The van der Waals surface area contributed by atoms with Crippen molar-refractivity contribution in [3.05, 3.63) is 35.6 Å². The molecular weight excluding hydrogens is 279 g/mol. The maximum absolute atomic E-state index is 13.3. The SMILES string of the molecule is CC(C)CN1CC[C@@]2(CCN(Cc3cccc(F)c3)C2=O)C1. The largest absolute Gasteiger partial charge is 0.338 e. The molecule has 0 aliphatic carbocycles. The number of carbonyl (C=O) groups is 1. The van der Waals surface area contributed by atoms with E-state index in [0.29, 0.717) is 12.5 Å². The zero-order valence-electron chi connectivity index (χ0n) is 13.5. The van der Waals surface area contributed by atoms with Crippen molar-refractivity contribution in [1.82, 2.24) is 9.80 Å². The molecule has 2 saturated heterocycles. The van der Waals surface area contributed by atoms with Crippen LogP contribution >= 0.6 is 0 Å². The molecule has 2 aliphatic rings. The molecule has 0 unspecified atom stereocenters. The summed E-state index contributed by atoms with van der Waals surface area (Å²) in [6, 6.07) is 6.57. The molecule has 1 aromatic carbocycles. The van der Waals surface area contributed by atoms with Crippen LogP contribution in [-0.4, -0.2) is 41.9 Å².